The number of carbonyl (C=O) groups is 1. The van der Waals surface area contributed by atoms with Gasteiger partial charge in [-0.2, -0.15) is 0 Å². The fourth-order valence-electron chi connectivity index (χ4n) is 1.95. The van der Waals surface area contributed by atoms with Gasteiger partial charge in [0.1, 0.15) is 5.60 Å². The van der Waals surface area contributed by atoms with E-state index in [9.17, 15) is 4.79 Å². The highest BCUT2D eigenvalue weighted by atomic mass is 16.6. The zero-order chi connectivity index (χ0) is 16.8. The van der Waals surface area contributed by atoms with Gasteiger partial charge in [0, 0.05) is 19.2 Å². The molecule has 0 saturated carbocycles. The van der Waals surface area contributed by atoms with Crippen molar-refractivity contribution in [2.24, 2.45) is 11.8 Å². The molecule has 6 nitrogen and oxygen atoms in total. The summed E-state index contributed by atoms with van der Waals surface area (Å²) in [5, 5.41) is 10.0. The van der Waals surface area contributed by atoms with Crippen LogP contribution >= 0.6 is 0 Å². The molecule has 1 atom stereocenters. The van der Waals surface area contributed by atoms with Crippen LogP contribution in [0.3, 0.4) is 0 Å². The van der Waals surface area contributed by atoms with E-state index in [4.69, 9.17) is 9.26 Å². The summed E-state index contributed by atoms with van der Waals surface area (Å²) in [5.74, 6) is 1.58. The maximum absolute atomic E-state index is 11.7. The summed E-state index contributed by atoms with van der Waals surface area (Å²) in [6, 6.07) is 1.91. The van der Waals surface area contributed by atoms with E-state index in [2.05, 4.69) is 29.6 Å². The Labute approximate surface area is 133 Å². The SMILES string of the molecule is Cc1cc(CNCC(CNC(=O)OC(C)(C)C)C(C)C)on1. The molecule has 2 N–H and O–H groups in total. The highest BCUT2D eigenvalue weighted by Crippen LogP contribution is 2.11. The Morgan fingerprint density at radius 2 is 2.05 bits per heavy atom. The van der Waals surface area contributed by atoms with Crippen LogP contribution in [0.5, 0.6) is 0 Å². The maximum Gasteiger partial charge on any atom is 0.407 e. The van der Waals surface area contributed by atoms with E-state index in [1.54, 1.807) is 0 Å². The van der Waals surface area contributed by atoms with E-state index in [1.807, 2.05) is 33.8 Å². The molecule has 1 unspecified atom stereocenters. The largest absolute Gasteiger partial charge is 0.444 e. The number of aromatic nitrogens is 1. The van der Waals surface area contributed by atoms with Crippen molar-refractivity contribution in [3.8, 4) is 0 Å². The highest BCUT2D eigenvalue weighted by molar-refractivity contribution is 5.67. The van der Waals surface area contributed by atoms with Crippen LogP contribution in [-0.2, 0) is 11.3 Å². The lowest BCUT2D eigenvalue weighted by atomic mass is 9.96. The van der Waals surface area contributed by atoms with Crippen LogP contribution in [0.15, 0.2) is 10.6 Å². The maximum atomic E-state index is 11.7. The van der Waals surface area contributed by atoms with Gasteiger partial charge < -0.3 is 19.9 Å². The number of ether oxygens (including phenoxy) is 1. The number of rotatable bonds is 7. The van der Waals surface area contributed by atoms with Crippen molar-refractivity contribution in [3.05, 3.63) is 17.5 Å². The topological polar surface area (TPSA) is 76.4 Å². The monoisotopic (exact) mass is 311 g/mol. The van der Waals surface area contributed by atoms with Crippen molar-refractivity contribution in [2.75, 3.05) is 13.1 Å². The first-order valence-corrected chi connectivity index (χ1v) is 7.77. The second kappa shape index (κ2) is 8.17. The molecule has 126 valence electrons. The Morgan fingerprint density at radius 3 is 2.55 bits per heavy atom. The number of alkyl carbamates (subject to hydrolysis) is 1. The fourth-order valence-corrected chi connectivity index (χ4v) is 1.95. The molecule has 0 fully saturated rings. The summed E-state index contributed by atoms with van der Waals surface area (Å²) < 4.78 is 10.4. The van der Waals surface area contributed by atoms with Gasteiger partial charge >= 0.3 is 6.09 Å². The summed E-state index contributed by atoms with van der Waals surface area (Å²) in [4.78, 5) is 11.7. The van der Waals surface area contributed by atoms with Gasteiger partial charge in [-0.15, -0.1) is 0 Å². The van der Waals surface area contributed by atoms with Crippen LogP contribution in [-0.4, -0.2) is 29.9 Å². The third kappa shape index (κ3) is 7.45. The van der Waals surface area contributed by atoms with E-state index >= 15 is 0 Å². The molecule has 22 heavy (non-hydrogen) atoms. The Bertz CT molecular complexity index is 463. The molecule has 0 spiro atoms. The van der Waals surface area contributed by atoms with Gasteiger partial charge in [-0.1, -0.05) is 19.0 Å². The highest BCUT2D eigenvalue weighted by Gasteiger charge is 2.19. The van der Waals surface area contributed by atoms with E-state index in [0.29, 0.717) is 24.9 Å². The molecule has 0 aliphatic heterocycles. The third-order valence-electron chi connectivity index (χ3n) is 3.23. The molecule has 1 aromatic rings. The Balaban J connectivity index is 2.34. The molecular weight excluding hydrogens is 282 g/mol. The van der Waals surface area contributed by atoms with Crippen LogP contribution in [0.1, 0.15) is 46.1 Å². The van der Waals surface area contributed by atoms with Crippen LogP contribution in [0.2, 0.25) is 0 Å². The molecule has 1 amide bonds. The van der Waals surface area contributed by atoms with Crippen molar-refractivity contribution in [1.82, 2.24) is 15.8 Å². The average Bonchev–Trinajstić information content (AvgIpc) is 2.76. The third-order valence-corrected chi connectivity index (χ3v) is 3.23. The molecule has 0 aromatic carbocycles. The molecule has 0 bridgehead atoms. The quantitative estimate of drug-likeness (QED) is 0.809. The predicted molar refractivity (Wildman–Crippen MR) is 85.5 cm³/mol. The van der Waals surface area contributed by atoms with Gasteiger partial charge in [0.2, 0.25) is 0 Å². The summed E-state index contributed by atoms with van der Waals surface area (Å²) in [6.07, 6.45) is -0.371. The number of aryl methyl sites for hydroxylation is 1. The lowest BCUT2D eigenvalue weighted by molar-refractivity contribution is 0.0514. The van der Waals surface area contributed by atoms with Gasteiger partial charge in [-0.05, 0) is 39.5 Å². The minimum absolute atomic E-state index is 0.316. The minimum Gasteiger partial charge on any atom is -0.444 e. The smallest absolute Gasteiger partial charge is 0.407 e. The Hall–Kier alpha value is -1.56. The molecule has 1 aromatic heterocycles. The fraction of sp³-hybridized carbons (Fsp3) is 0.750. The number of amides is 1. The summed E-state index contributed by atoms with van der Waals surface area (Å²) in [6.45, 7) is 13.7. The van der Waals surface area contributed by atoms with E-state index in [1.165, 1.54) is 0 Å². The second-order valence-electron chi connectivity index (χ2n) is 6.95. The first-order valence-electron chi connectivity index (χ1n) is 7.77. The lowest BCUT2D eigenvalue weighted by Crippen LogP contribution is -2.39. The van der Waals surface area contributed by atoms with Gasteiger partial charge in [-0.25, -0.2) is 4.79 Å². The van der Waals surface area contributed by atoms with Crippen LogP contribution < -0.4 is 10.6 Å². The van der Waals surface area contributed by atoms with Crippen LogP contribution in [0.4, 0.5) is 4.79 Å². The summed E-state index contributed by atoms with van der Waals surface area (Å²) in [5.41, 5.74) is 0.406. The van der Waals surface area contributed by atoms with Gasteiger partial charge in [0.15, 0.2) is 5.76 Å². The summed E-state index contributed by atoms with van der Waals surface area (Å²) >= 11 is 0. The van der Waals surface area contributed by atoms with Crippen molar-refractivity contribution in [2.45, 2.75) is 53.7 Å². The number of nitrogens with one attached hydrogen (secondary N) is 2. The molecule has 0 aliphatic rings. The zero-order valence-corrected chi connectivity index (χ0v) is 14.5. The zero-order valence-electron chi connectivity index (χ0n) is 14.5. The van der Waals surface area contributed by atoms with Gasteiger partial charge in [0.05, 0.1) is 12.2 Å². The van der Waals surface area contributed by atoms with Crippen LogP contribution in [0.25, 0.3) is 0 Å². The molecule has 0 aliphatic carbocycles. The molecule has 0 saturated heterocycles. The molecular formula is C16H29N3O3. The minimum atomic E-state index is -0.472. The van der Waals surface area contributed by atoms with E-state index < -0.39 is 5.60 Å². The predicted octanol–water partition coefficient (Wildman–Crippen LogP) is 2.87. The van der Waals surface area contributed by atoms with Crippen LogP contribution in [0, 0.1) is 18.8 Å². The van der Waals surface area contributed by atoms with Crippen molar-refractivity contribution in [1.29, 1.82) is 0 Å². The molecule has 1 heterocycles. The number of hydrogen-bond acceptors (Lipinski definition) is 5. The number of hydrogen-bond donors (Lipinski definition) is 2. The van der Waals surface area contributed by atoms with E-state index in [-0.39, 0.29) is 6.09 Å². The first kappa shape index (κ1) is 18.5. The average molecular weight is 311 g/mol. The lowest BCUT2D eigenvalue weighted by Gasteiger charge is -2.24. The molecule has 0 radical (unpaired) electrons. The molecule has 6 heteroatoms. The van der Waals surface area contributed by atoms with Crippen molar-refractivity contribution < 1.29 is 14.1 Å². The van der Waals surface area contributed by atoms with Gasteiger partial charge in [0.25, 0.3) is 0 Å². The standard InChI is InChI=1S/C16H29N3O3/c1-11(2)13(9-18-15(20)21-16(4,5)6)8-17-10-14-7-12(3)19-22-14/h7,11,13,17H,8-10H2,1-6H3,(H,18,20). The van der Waals surface area contributed by atoms with Gasteiger partial charge in [-0.3, -0.25) is 0 Å². The van der Waals surface area contributed by atoms with Crippen molar-refractivity contribution >= 4 is 6.09 Å². The second-order valence-corrected chi connectivity index (χ2v) is 6.95. The first-order chi connectivity index (χ1) is 10.2. The Morgan fingerprint density at radius 1 is 1.36 bits per heavy atom. The normalized spacial score (nSPS) is 13.2. The van der Waals surface area contributed by atoms with Crippen molar-refractivity contribution in [3.63, 3.8) is 0 Å². The summed E-state index contributed by atoms with van der Waals surface area (Å²) in [7, 11) is 0. The van der Waals surface area contributed by atoms with E-state index in [0.717, 1.165) is 18.0 Å². The Kier molecular flexibility index (Phi) is 6.87. The number of carbonyl (C=O) groups excluding carboxylic acids is 1. The molecule has 1 rings (SSSR count). The number of nitrogens with zero attached hydrogens (tertiary/aromatic N) is 1.